The predicted octanol–water partition coefficient (Wildman–Crippen LogP) is 2.04. The van der Waals surface area contributed by atoms with E-state index in [0.717, 1.165) is 44.5 Å². The SMILES string of the molecule is Cn1ccc(C(=O)Nc2cc(S(=O)(=O)N3CCOCC3)ccc2N2CCCCCC2)cc1=O. The maximum absolute atomic E-state index is 13.2. The van der Waals surface area contributed by atoms with Crippen molar-refractivity contribution < 1.29 is 17.9 Å². The van der Waals surface area contributed by atoms with E-state index in [2.05, 4.69) is 10.2 Å². The van der Waals surface area contributed by atoms with Gasteiger partial charge in [-0.1, -0.05) is 12.8 Å². The summed E-state index contributed by atoms with van der Waals surface area (Å²) in [4.78, 5) is 27.3. The Morgan fingerprint density at radius 1 is 0.970 bits per heavy atom. The van der Waals surface area contributed by atoms with Crippen molar-refractivity contribution in [1.29, 1.82) is 0 Å². The number of benzene rings is 1. The molecule has 9 nitrogen and oxygen atoms in total. The summed E-state index contributed by atoms with van der Waals surface area (Å²) in [6, 6.07) is 7.76. The van der Waals surface area contributed by atoms with Gasteiger partial charge in [0.15, 0.2) is 0 Å². The van der Waals surface area contributed by atoms with Gasteiger partial charge in [0, 0.05) is 51.1 Å². The van der Waals surface area contributed by atoms with Gasteiger partial charge in [0.2, 0.25) is 10.0 Å². The Labute approximate surface area is 194 Å². The Balaban J connectivity index is 1.70. The van der Waals surface area contributed by atoms with Crippen LogP contribution in [0, 0.1) is 0 Å². The number of nitrogens with one attached hydrogen (secondary N) is 1. The number of rotatable bonds is 5. The van der Waals surface area contributed by atoms with E-state index in [4.69, 9.17) is 4.74 Å². The summed E-state index contributed by atoms with van der Waals surface area (Å²) in [7, 11) is -2.11. The van der Waals surface area contributed by atoms with Crippen molar-refractivity contribution in [3.63, 3.8) is 0 Å². The summed E-state index contributed by atoms with van der Waals surface area (Å²) in [5.41, 5.74) is 1.15. The van der Waals surface area contributed by atoms with Gasteiger partial charge in [0.05, 0.1) is 29.5 Å². The van der Waals surface area contributed by atoms with Gasteiger partial charge in [-0.15, -0.1) is 0 Å². The lowest BCUT2D eigenvalue weighted by Crippen LogP contribution is -2.40. The number of morpholine rings is 1. The number of amides is 1. The molecule has 0 radical (unpaired) electrons. The summed E-state index contributed by atoms with van der Waals surface area (Å²) < 4.78 is 34.5. The van der Waals surface area contributed by atoms with Gasteiger partial charge in [-0.2, -0.15) is 4.31 Å². The second kappa shape index (κ2) is 10.1. The van der Waals surface area contributed by atoms with Crippen LogP contribution < -0.4 is 15.8 Å². The Bertz CT molecular complexity index is 1160. The average molecular weight is 475 g/mol. The summed E-state index contributed by atoms with van der Waals surface area (Å²) >= 11 is 0. The molecule has 2 aromatic rings. The molecule has 2 fully saturated rings. The van der Waals surface area contributed by atoms with E-state index in [9.17, 15) is 18.0 Å². The molecule has 2 aliphatic heterocycles. The van der Waals surface area contributed by atoms with Crippen LogP contribution in [0.15, 0.2) is 46.2 Å². The minimum atomic E-state index is -3.72. The van der Waals surface area contributed by atoms with E-state index in [0.29, 0.717) is 32.0 Å². The molecular formula is C23H30N4O5S. The van der Waals surface area contributed by atoms with Crippen molar-refractivity contribution in [3.05, 3.63) is 52.4 Å². The highest BCUT2D eigenvalue weighted by Crippen LogP contribution is 2.32. The monoisotopic (exact) mass is 474 g/mol. The van der Waals surface area contributed by atoms with Gasteiger partial charge in [0.1, 0.15) is 0 Å². The molecule has 1 aromatic heterocycles. The van der Waals surface area contributed by atoms with Crippen molar-refractivity contribution in [2.75, 3.05) is 49.6 Å². The quantitative estimate of drug-likeness (QED) is 0.712. The molecule has 0 spiro atoms. The van der Waals surface area contributed by atoms with Crippen LogP contribution in [0.2, 0.25) is 0 Å². The molecule has 1 N–H and O–H groups in total. The molecule has 0 unspecified atom stereocenters. The van der Waals surface area contributed by atoms with Gasteiger partial charge in [0.25, 0.3) is 11.5 Å². The predicted molar refractivity (Wildman–Crippen MR) is 126 cm³/mol. The Hall–Kier alpha value is -2.69. The van der Waals surface area contributed by atoms with Gasteiger partial charge in [-0.05, 0) is 37.1 Å². The van der Waals surface area contributed by atoms with Crippen LogP contribution in [-0.2, 0) is 21.8 Å². The number of carbonyl (C=O) groups excluding carboxylic acids is 1. The number of anilines is 2. The maximum Gasteiger partial charge on any atom is 0.255 e. The second-order valence-electron chi connectivity index (χ2n) is 8.42. The molecule has 0 atom stereocenters. The van der Waals surface area contributed by atoms with E-state index >= 15 is 0 Å². The van der Waals surface area contributed by atoms with Crippen molar-refractivity contribution in [2.45, 2.75) is 30.6 Å². The smallest absolute Gasteiger partial charge is 0.255 e. The minimum absolute atomic E-state index is 0.127. The number of pyridine rings is 1. The first-order valence-electron chi connectivity index (χ1n) is 11.3. The molecule has 10 heteroatoms. The highest BCUT2D eigenvalue weighted by molar-refractivity contribution is 7.89. The van der Waals surface area contributed by atoms with Gasteiger partial charge >= 0.3 is 0 Å². The fourth-order valence-corrected chi connectivity index (χ4v) is 5.62. The normalized spacial score (nSPS) is 18.0. The molecular weight excluding hydrogens is 444 g/mol. The van der Waals surface area contributed by atoms with Crippen molar-refractivity contribution in [1.82, 2.24) is 8.87 Å². The van der Waals surface area contributed by atoms with Crippen LogP contribution in [0.3, 0.4) is 0 Å². The number of aryl methyl sites for hydroxylation is 1. The van der Waals surface area contributed by atoms with E-state index < -0.39 is 15.9 Å². The number of hydrogen-bond donors (Lipinski definition) is 1. The Kier molecular flexibility index (Phi) is 7.16. The number of aromatic nitrogens is 1. The highest BCUT2D eigenvalue weighted by atomic mass is 32.2. The molecule has 0 bridgehead atoms. The zero-order valence-corrected chi connectivity index (χ0v) is 19.6. The fourth-order valence-electron chi connectivity index (χ4n) is 4.18. The van der Waals surface area contributed by atoms with Crippen LogP contribution in [0.5, 0.6) is 0 Å². The molecule has 1 amide bonds. The number of sulfonamides is 1. The number of ether oxygens (including phenoxy) is 1. The first-order chi connectivity index (χ1) is 15.9. The molecule has 0 saturated carbocycles. The summed E-state index contributed by atoms with van der Waals surface area (Å²) in [5, 5.41) is 2.87. The van der Waals surface area contributed by atoms with Crippen LogP contribution in [0.4, 0.5) is 11.4 Å². The molecule has 3 heterocycles. The average Bonchev–Trinajstić information content (AvgIpc) is 3.11. The van der Waals surface area contributed by atoms with Crippen molar-refractivity contribution in [2.24, 2.45) is 7.05 Å². The summed E-state index contributed by atoms with van der Waals surface area (Å²) in [6.07, 6.45) is 5.90. The van der Waals surface area contributed by atoms with E-state index in [1.807, 2.05) is 0 Å². The number of hydrogen-bond acceptors (Lipinski definition) is 6. The third-order valence-electron chi connectivity index (χ3n) is 6.14. The van der Waals surface area contributed by atoms with Crippen LogP contribution >= 0.6 is 0 Å². The molecule has 0 aliphatic carbocycles. The van der Waals surface area contributed by atoms with Crippen LogP contribution in [0.1, 0.15) is 36.0 Å². The van der Waals surface area contributed by atoms with Gasteiger partial charge < -0.3 is 19.5 Å². The molecule has 2 saturated heterocycles. The summed E-state index contributed by atoms with van der Waals surface area (Å²) in [6.45, 7) is 2.99. The molecule has 2 aliphatic rings. The lowest BCUT2D eigenvalue weighted by molar-refractivity contribution is 0.0730. The van der Waals surface area contributed by atoms with Gasteiger partial charge in [-0.25, -0.2) is 8.42 Å². The third kappa shape index (κ3) is 5.29. The number of nitrogens with zero attached hydrogens (tertiary/aromatic N) is 3. The lowest BCUT2D eigenvalue weighted by atomic mass is 10.2. The Morgan fingerprint density at radius 3 is 2.33 bits per heavy atom. The molecule has 4 rings (SSSR count). The maximum atomic E-state index is 13.2. The highest BCUT2D eigenvalue weighted by Gasteiger charge is 2.28. The van der Waals surface area contributed by atoms with Crippen LogP contribution in [-0.4, -0.2) is 62.6 Å². The van der Waals surface area contributed by atoms with Gasteiger partial charge in [-0.3, -0.25) is 9.59 Å². The lowest BCUT2D eigenvalue weighted by Gasteiger charge is -2.28. The van der Waals surface area contributed by atoms with Crippen LogP contribution in [0.25, 0.3) is 0 Å². The first-order valence-corrected chi connectivity index (χ1v) is 12.8. The summed E-state index contributed by atoms with van der Waals surface area (Å²) in [5.74, 6) is -0.454. The van der Waals surface area contributed by atoms with E-state index in [1.165, 1.54) is 27.2 Å². The topological polar surface area (TPSA) is 101 Å². The third-order valence-corrected chi connectivity index (χ3v) is 8.03. The molecule has 33 heavy (non-hydrogen) atoms. The number of carbonyl (C=O) groups is 1. The van der Waals surface area contributed by atoms with E-state index in [1.54, 1.807) is 25.2 Å². The fraction of sp³-hybridized carbons (Fsp3) is 0.478. The molecule has 1 aromatic carbocycles. The van der Waals surface area contributed by atoms with E-state index in [-0.39, 0.29) is 16.0 Å². The molecule has 178 valence electrons. The minimum Gasteiger partial charge on any atom is -0.379 e. The largest absolute Gasteiger partial charge is 0.379 e. The first kappa shape index (κ1) is 23.5. The second-order valence-corrected chi connectivity index (χ2v) is 10.4. The zero-order chi connectivity index (χ0) is 23.4. The van der Waals surface area contributed by atoms with Crippen molar-refractivity contribution >= 4 is 27.3 Å². The zero-order valence-electron chi connectivity index (χ0n) is 18.8. The Morgan fingerprint density at radius 2 is 1.67 bits per heavy atom. The standard InChI is InChI=1S/C23H30N4O5S/c1-25-11-8-18(16-22(25)28)23(29)24-20-17-19(33(30,31)27-12-14-32-15-13-27)6-7-21(20)26-9-4-2-3-5-10-26/h6-8,11,16-17H,2-5,9-10,12-15H2,1H3,(H,24,29). The van der Waals surface area contributed by atoms with Crippen molar-refractivity contribution in [3.8, 4) is 0 Å².